The molecule has 1 N–H and O–H groups in total. The molecule has 0 spiro atoms. The number of rotatable bonds is 1. The highest BCUT2D eigenvalue weighted by molar-refractivity contribution is 5.14. The third-order valence-corrected chi connectivity index (χ3v) is 2.42. The lowest BCUT2D eigenvalue weighted by Gasteiger charge is -2.24. The van der Waals surface area contributed by atoms with Gasteiger partial charge < -0.3 is 5.11 Å². The summed E-state index contributed by atoms with van der Waals surface area (Å²) in [5.74, 6) is 0.382. The lowest BCUT2D eigenvalue weighted by atomic mass is 9.81. The molecule has 0 heterocycles. The van der Waals surface area contributed by atoms with E-state index in [1.54, 1.807) is 0 Å². The molecule has 0 radical (unpaired) electrons. The van der Waals surface area contributed by atoms with E-state index < -0.39 is 0 Å². The summed E-state index contributed by atoms with van der Waals surface area (Å²) in [4.78, 5) is 0. The minimum Gasteiger partial charge on any atom is -0.396 e. The highest BCUT2D eigenvalue weighted by Gasteiger charge is 2.32. The molecular formula is C9H16O. The van der Waals surface area contributed by atoms with Gasteiger partial charge in [-0.3, -0.25) is 0 Å². The van der Waals surface area contributed by atoms with Crippen LogP contribution in [-0.4, -0.2) is 11.7 Å². The van der Waals surface area contributed by atoms with Gasteiger partial charge in [0.25, 0.3) is 0 Å². The maximum absolute atomic E-state index is 8.97. The Hall–Kier alpha value is -0.300. The Morgan fingerprint density at radius 3 is 2.50 bits per heavy atom. The van der Waals surface area contributed by atoms with Gasteiger partial charge in [-0.25, -0.2) is 0 Å². The predicted molar refractivity (Wildman–Crippen MR) is 42.7 cm³/mol. The third-order valence-electron chi connectivity index (χ3n) is 2.42. The smallest absolute Gasteiger partial charge is 0.0499 e. The second-order valence-electron chi connectivity index (χ2n) is 3.97. The molecule has 0 aromatic rings. The Balaban J connectivity index is 2.70. The second-order valence-corrected chi connectivity index (χ2v) is 3.97. The number of aliphatic hydroxyl groups excluding tert-OH is 1. The molecule has 0 aliphatic heterocycles. The average Bonchev–Trinajstić information content (AvgIpc) is 2.04. The van der Waals surface area contributed by atoms with Crippen molar-refractivity contribution < 1.29 is 5.11 Å². The summed E-state index contributed by atoms with van der Waals surface area (Å²) in [6, 6.07) is 0. The third kappa shape index (κ3) is 1.24. The van der Waals surface area contributed by atoms with E-state index in [9.17, 15) is 0 Å². The summed E-state index contributed by atoms with van der Waals surface area (Å²) in [5.41, 5.74) is 1.71. The van der Waals surface area contributed by atoms with Crippen molar-refractivity contribution in [2.24, 2.45) is 11.3 Å². The van der Waals surface area contributed by atoms with E-state index >= 15 is 0 Å². The van der Waals surface area contributed by atoms with Crippen LogP contribution in [0, 0.1) is 11.3 Å². The summed E-state index contributed by atoms with van der Waals surface area (Å²) >= 11 is 0. The van der Waals surface area contributed by atoms with Crippen LogP contribution in [0.1, 0.15) is 27.2 Å². The van der Waals surface area contributed by atoms with Crippen LogP contribution in [0.15, 0.2) is 11.6 Å². The Morgan fingerprint density at radius 2 is 2.30 bits per heavy atom. The number of aliphatic hydroxyl groups is 1. The molecule has 58 valence electrons. The topological polar surface area (TPSA) is 20.2 Å². The van der Waals surface area contributed by atoms with Crippen LogP contribution < -0.4 is 0 Å². The van der Waals surface area contributed by atoms with E-state index in [0.717, 1.165) is 6.42 Å². The van der Waals surface area contributed by atoms with Crippen molar-refractivity contribution in [2.45, 2.75) is 27.2 Å². The lowest BCUT2D eigenvalue weighted by molar-refractivity contribution is 0.166. The van der Waals surface area contributed by atoms with Gasteiger partial charge in [0.15, 0.2) is 0 Å². The van der Waals surface area contributed by atoms with Crippen LogP contribution in [0.3, 0.4) is 0 Å². The van der Waals surface area contributed by atoms with Crippen molar-refractivity contribution >= 4 is 0 Å². The summed E-state index contributed by atoms with van der Waals surface area (Å²) in [7, 11) is 0. The van der Waals surface area contributed by atoms with Crippen molar-refractivity contribution in [3.63, 3.8) is 0 Å². The molecule has 0 saturated carbocycles. The number of allylic oxidation sites excluding steroid dienone is 1. The van der Waals surface area contributed by atoms with E-state index in [0.29, 0.717) is 17.9 Å². The Kier molecular flexibility index (Phi) is 1.86. The maximum Gasteiger partial charge on any atom is 0.0499 e. The van der Waals surface area contributed by atoms with E-state index in [2.05, 4.69) is 26.8 Å². The minimum absolute atomic E-state index is 0.291. The molecule has 0 unspecified atom stereocenters. The fourth-order valence-corrected chi connectivity index (χ4v) is 1.78. The van der Waals surface area contributed by atoms with Gasteiger partial charge in [-0.15, -0.1) is 0 Å². The molecule has 1 aliphatic carbocycles. The van der Waals surface area contributed by atoms with Crippen LogP contribution >= 0.6 is 0 Å². The molecule has 0 aromatic carbocycles. The molecule has 1 heteroatoms. The Morgan fingerprint density at radius 1 is 1.70 bits per heavy atom. The lowest BCUT2D eigenvalue weighted by Crippen LogP contribution is -2.20. The predicted octanol–water partition coefficient (Wildman–Crippen LogP) is 1.97. The zero-order valence-electron chi connectivity index (χ0n) is 7.02. The number of hydrogen-bond donors (Lipinski definition) is 1. The second kappa shape index (κ2) is 2.39. The van der Waals surface area contributed by atoms with E-state index in [-0.39, 0.29) is 0 Å². The van der Waals surface area contributed by atoms with Crippen LogP contribution in [0.25, 0.3) is 0 Å². The highest BCUT2D eigenvalue weighted by Crippen LogP contribution is 2.40. The summed E-state index contributed by atoms with van der Waals surface area (Å²) in [6.45, 7) is 6.85. The molecule has 0 bridgehead atoms. The van der Waals surface area contributed by atoms with Crippen LogP contribution in [0.4, 0.5) is 0 Å². The van der Waals surface area contributed by atoms with Gasteiger partial charge in [-0.1, -0.05) is 25.5 Å². The van der Waals surface area contributed by atoms with Crippen LogP contribution in [0.5, 0.6) is 0 Å². The Labute approximate surface area is 62.8 Å². The summed E-state index contributed by atoms with van der Waals surface area (Å²) < 4.78 is 0. The van der Waals surface area contributed by atoms with Crippen LogP contribution in [-0.2, 0) is 0 Å². The molecule has 1 nitrogen and oxygen atoms in total. The molecular weight excluding hydrogens is 124 g/mol. The average molecular weight is 140 g/mol. The van der Waals surface area contributed by atoms with Crippen molar-refractivity contribution in [3.8, 4) is 0 Å². The SMILES string of the molecule is CC1=C[C@@H](CO)C(C)(C)C1. The molecule has 1 aliphatic rings. The van der Waals surface area contributed by atoms with Crippen LogP contribution in [0.2, 0.25) is 0 Å². The molecule has 0 amide bonds. The fourth-order valence-electron chi connectivity index (χ4n) is 1.78. The minimum atomic E-state index is 0.291. The fraction of sp³-hybridized carbons (Fsp3) is 0.778. The largest absolute Gasteiger partial charge is 0.396 e. The quantitative estimate of drug-likeness (QED) is 0.552. The zero-order chi connectivity index (χ0) is 7.78. The van der Waals surface area contributed by atoms with Gasteiger partial charge in [0.1, 0.15) is 0 Å². The first-order chi connectivity index (χ1) is 4.56. The van der Waals surface area contributed by atoms with Crippen molar-refractivity contribution in [1.29, 1.82) is 0 Å². The first-order valence-electron chi connectivity index (χ1n) is 3.84. The summed E-state index contributed by atoms with van der Waals surface area (Å²) in [5, 5.41) is 8.97. The van der Waals surface area contributed by atoms with E-state index in [1.807, 2.05) is 0 Å². The summed E-state index contributed by atoms with van der Waals surface area (Å²) in [6.07, 6.45) is 3.33. The van der Waals surface area contributed by atoms with Gasteiger partial charge >= 0.3 is 0 Å². The van der Waals surface area contributed by atoms with Gasteiger partial charge in [-0.05, 0) is 18.8 Å². The monoisotopic (exact) mass is 140 g/mol. The van der Waals surface area contributed by atoms with E-state index in [1.165, 1.54) is 5.57 Å². The molecule has 0 aromatic heterocycles. The molecule has 1 atom stereocenters. The van der Waals surface area contributed by atoms with Gasteiger partial charge in [-0.2, -0.15) is 0 Å². The first-order valence-corrected chi connectivity index (χ1v) is 3.84. The van der Waals surface area contributed by atoms with Crippen molar-refractivity contribution in [1.82, 2.24) is 0 Å². The molecule has 0 fully saturated rings. The Bertz CT molecular complexity index is 156. The zero-order valence-corrected chi connectivity index (χ0v) is 7.02. The van der Waals surface area contributed by atoms with Gasteiger partial charge in [0.05, 0.1) is 0 Å². The first kappa shape index (κ1) is 7.80. The van der Waals surface area contributed by atoms with E-state index in [4.69, 9.17) is 5.11 Å². The van der Waals surface area contributed by atoms with Gasteiger partial charge in [0, 0.05) is 12.5 Å². The van der Waals surface area contributed by atoms with Crippen molar-refractivity contribution in [3.05, 3.63) is 11.6 Å². The van der Waals surface area contributed by atoms with Crippen molar-refractivity contribution in [2.75, 3.05) is 6.61 Å². The molecule has 10 heavy (non-hydrogen) atoms. The standard InChI is InChI=1S/C9H16O/c1-7-4-8(6-10)9(2,3)5-7/h4,8,10H,5-6H2,1-3H3/t8-/m0/s1. The highest BCUT2D eigenvalue weighted by atomic mass is 16.3. The molecule has 1 rings (SSSR count). The maximum atomic E-state index is 8.97. The normalized spacial score (nSPS) is 30.4. The molecule has 0 saturated heterocycles. The van der Waals surface area contributed by atoms with Gasteiger partial charge in [0.2, 0.25) is 0 Å². The number of hydrogen-bond acceptors (Lipinski definition) is 1.